The predicted octanol–water partition coefficient (Wildman–Crippen LogP) is 4.08. The zero-order valence-corrected chi connectivity index (χ0v) is 16.6. The molecule has 0 radical (unpaired) electrons. The first-order valence-electron chi connectivity index (χ1n) is 8.81. The third kappa shape index (κ3) is 5.41. The van der Waals surface area contributed by atoms with E-state index in [9.17, 15) is 22.4 Å². The second-order valence-corrected chi connectivity index (χ2v) is 7.88. The molecule has 1 amide bonds. The minimum absolute atomic E-state index is 0.0998. The molecule has 160 valence electrons. The number of halogens is 4. The van der Waals surface area contributed by atoms with Gasteiger partial charge < -0.3 is 15.8 Å². The minimum Gasteiger partial charge on any atom is -0.468 e. The molecule has 0 bridgehead atoms. The van der Waals surface area contributed by atoms with E-state index in [-0.39, 0.29) is 11.4 Å². The van der Waals surface area contributed by atoms with Gasteiger partial charge in [-0.3, -0.25) is 9.79 Å². The lowest BCUT2D eigenvalue weighted by Crippen LogP contribution is -2.29. The van der Waals surface area contributed by atoms with E-state index in [1.807, 2.05) is 0 Å². The number of rotatable bonds is 5. The summed E-state index contributed by atoms with van der Waals surface area (Å²) >= 11 is 1.39. The Kier molecular flexibility index (Phi) is 6.20. The quantitative estimate of drug-likeness (QED) is 0.681. The largest absolute Gasteiger partial charge is 0.468 e. The number of carbonyl (C=O) groups is 1. The van der Waals surface area contributed by atoms with Gasteiger partial charge in [-0.15, -0.1) is 0 Å². The number of hydrogen-bond donors (Lipinski definition) is 2. The van der Waals surface area contributed by atoms with E-state index in [4.69, 9.17) is 5.73 Å². The topological polar surface area (TPSA) is 89.6 Å². The number of aliphatic imine (C=N–C) groups is 1. The van der Waals surface area contributed by atoms with Crippen LogP contribution in [0.2, 0.25) is 0 Å². The molecule has 3 N–H and O–H groups in total. The van der Waals surface area contributed by atoms with E-state index in [0.717, 1.165) is 12.3 Å². The first kappa shape index (κ1) is 21.9. The van der Waals surface area contributed by atoms with E-state index >= 15 is 0 Å². The fraction of sp³-hybridized carbons (Fsp3) is 0.316. The van der Waals surface area contributed by atoms with Gasteiger partial charge in [0.2, 0.25) is 5.88 Å². The van der Waals surface area contributed by atoms with E-state index in [2.05, 4.69) is 20.0 Å². The normalized spacial score (nSPS) is 19.2. The molecule has 2 aromatic rings. The van der Waals surface area contributed by atoms with Crippen molar-refractivity contribution in [3.8, 4) is 5.88 Å². The SMILES string of the molecule is CC1(c2cc(NC(=O)c3ccc(OCC(F)(F)F)nc3)ccc2F)CCSC(N)=N1. The Labute approximate surface area is 173 Å². The van der Waals surface area contributed by atoms with Crippen molar-refractivity contribution in [1.82, 2.24) is 4.98 Å². The molecule has 11 heteroatoms. The first-order valence-corrected chi connectivity index (χ1v) is 9.79. The van der Waals surface area contributed by atoms with Crippen LogP contribution in [0.15, 0.2) is 41.5 Å². The molecule has 0 fully saturated rings. The van der Waals surface area contributed by atoms with Crippen LogP contribution in [-0.4, -0.2) is 34.6 Å². The van der Waals surface area contributed by atoms with Crippen molar-refractivity contribution < 1.29 is 27.1 Å². The van der Waals surface area contributed by atoms with E-state index in [0.29, 0.717) is 28.6 Å². The molecule has 0 aliphatic carbocycles. The first-order chi connectivity index (χ1) is 14.1. The number of alkyl halides is 3. The lowest BCUT2D eigenvalue weighted by atomic mass is 9.89. The molecule has 0 saturated carbocycles. The highest BCUT2D eigenvalue weighted by Gasteiger charge is 2.32. The van der Waals surface area contributed by atoms with Crippen molar-refractivity contribution >= 4 is 28.5 Å². The summed E-state index contributed by atoms with van der Waals surface area (Å²) < 4.78 is 55.5. The lowest BCUT2D eigenvalue weighted by molar-refractivity contribution is -0.154. The molecule has 3 rings (SSSR count). The van der Waals surface area contributed by atoms with Gasteiger partial charge in [0, 0.05) is 29.3 Å². The third-order valence-corrected chi connectivity index (χ3v) is 5.18. The molecule has 2 heterocycles. The highest BCUT2D eigenvalue weighted by atomic mass is 32.2. The standard InChI is InChI=1S/C19H18F4N4O2S/c1-18(6-7-30-17(24)27-18)13-8-12(3-4-14(13)20)26-16(28)11-2-5-15(25-9-11)29-10-19(21,22)23/h2-5,8-9H,6-7,10H2,1H3,(H2,24,27)(H,26,28). The van der Waals surface area contributed by atoms with Crippen molar-refractivity contribution in [2.24, 2.45) is 10.7 Å². The fourth-order valence-corrected chi connectivity index (χ4v) is 3.83. The number of nitrogens with two attached hydrogens (primary N) is 1. The smallest absolute Gasteiger partial charge is 0.422 e. The summed E-state index contributed by atoms with van der Waals surface area (Å²) in [6, 6.07) is 6.57. The molecule has 1 atom stereocenters. The summed E-state index contributed by atoms with van der Waals surface area (Å²) in [5.74, 6) is -0.593. The van der Waals surface area contributed by atoms with Crippen molar-refractivity contribution in [2.45, 2.75) is 25.1 Å². The molecule has 30 heavy (non-hydrogen) atoms. The Morgan fingerprint density at radius 3 is 2.73 bits per heavy atom. The Morgan fingerprint density at radius 2 is 2.10 bits per heavy atom. The van der Waals surface area contributed by atoms with Crippen molar-refractivity contribution in [2.75, 3.05) is 17.7 Å². The number of hydrogen-bond acceptors (Lipinski definition) is 6. The van der Waals surface area contributed by atoms with Crippen LogP contribution in [0.1, 0.15) is 29.3 Å². The van der Waals surface area contributed by atoms with Crippen molar-refractivity contribution in [3.63, 3.8) is 0 Å². The molecule has 1 aromatic heterocycles. The second kappa shape index (κ2) is 8.50. The molecule has 1 aliphatic rings. The molecule has 6 nitrogen and oxygen atoms in total. The van der Waals surface area contributed by atoms with Crippen LogP contribution in [0.5, 0.6) is 5.88 Å². The van der Waals surface area contributed by atoms with Gasteiger partial charge >= 0.3 is 6.18 Å². The van der Waals surface area contributed by atoms with Crippen LogP contribution in [0.4, 0.5) is 23.2 Å². The van der Waals surface area contributed by atoms with Gasteiger partial charge in [0.25, 0.3) is 5.91 Å². The number of carbonyl (C=O) groups excluding carboxylic acids is 1. The summed E-state index contributed by atoms with van der Waals surface area (Å²) in [5.41, 5.74) is 5.68. The molecule has 1 aliphatic heterocycles. The number of benzene rings is 1. The highest BCUT2D eigenvalue weighted by Crippen LogP contribution is 2.37. The molecular formula is C19H18F4N4O2S. The van der Waals surface area contributed by atoms with Gasteiger partial charge in [0.15, 0.2) is 11.8 Å². The second-order valence-electron chi connectivity index (χ2n) is 6.76. The number of amides is 1. The Balaban J connectivity index is 1.74. The number of pyridine rings is 1. The highest BCUT2D eigenvalue weighted by molar-refractivity contribution is 8.13. The zero-order chi connectivity index (χ0) is 21.9. The summed E-state index contributed by atoms with van der Waals surface area (Å²) in [5, 5.41) is 2.99. The number of ether oxygens (including phenoxy) is 1. The van der Waals surface area contributed by atoms with Gasteiger partial charge in [0.1, 0.15) is 5.82 Å². The van der Waals surface area contributed by atoms with E-state index in [1.165, 1.54) is 36.0 Å². The zero-order valence-electron chi connectivity index (χ0n) is 15.8. The van der Waals surface area contributed by atoms with Crippen LogP contribution < -0.4 is 15.8 Å². The summed E-state index contributed by atoms with van der Waals surface area (Å²) in [6.07, 6.45) is -2.81. The van der Waals surface area contributed by atoms with Crippen molar-refractivity contribution in [3.05, 3.63) is 53.5 Å². The minimum atomic E-state index is -4.49. The molecule has 1 unspecified atom stereocenters. The van der Waals surface area contributed by atoms with Gasteiger partial charge in [-0.25, -0.2) is 9.37 Å². The number of nitrogens with zero attached hydrogens (tertiary/aromatic N) is 2. The predicted molar refractivity (Wildman–Crippen MR) is 106 cm³/mol. The average Bonchev–Trinajstić information content (AvgIpc) is 2.67. The summed E-state index contributed by atoms with van der Waals surface area (Å²) in [6.45, 7) is 0.293. The van der Waals surface area contributed by atoms with Crippen molar-refractivity contribution in [1.29, 1.82) is 0 Å². The van der Waals surface area contributed by atoms with Gasteiger partial charge in [-0.05, 0) is 37.6 Å². The Hall–Kier alpha value is -2.82. The lowest BCUT2D eigenvalue weighted by Gasteiger charge is -2.30. The number of amidine groups is 1. The van der Waals surface area contributed by atoms with Crippen LogP contribution in [0.25, 0.3) is 0 Å². The third-order valence-electron chi connectivity index (χ3n) is 4.38. The number of aromatic nitrogens is 1. The maximum atomic E-state index is 14.5. The van der Waals surface area contributed by atoms with Gasteiger partial charge in [-0.1, -0.05) is 11.8 Å². The molecule has 0 spiro atoms. The van der Waals surface area contributed by atoms with E-state index in [1.54, 1.807) is 6.92 Å². The van der Waals surface area contributed by atoms with Crippen LogP contribution in [0, 0.1) is 5.82 Å². The molecule has 1 aromatic carbocycles. The Morgan fingerprint density at radius 1 is 1.33 bits per heavy atom. The monoisotopic (exact) mass is 442 g/mol. The van der Waals surface area contributed by atoms with Gasteiger partial charge in [-0.2, -0.15) is 13.2 Å². The van der Waals surface area contributed by atoms with E-state index < -0.39 is 30.0 Å². The average molecular weight is 442 g/mol. The molecular weight excluding hydrogens is 424 g/mol. The number of thioether (sulfide) groups is 1. The Bertz CT molecular complexity index is 966. The van der Waals surface area contributed by atoms with Crippen LogP contribution >= 0.6 is 11.8 Å². The molecule has 0 saturated heterocycles. The summed E-state index contributed by atoms with van der Waals surface area (Å²) in [4.78, 5) is 20.5. The fourth-order valence-electron chi connectivity index (χ4n) is 2.86. The maximum Gasteiger partial charge on any atom is 0.422 e. The maximum absolute atomic E-state index is 14.5. The summed E-state index contributed by atoms with van der Waals surface area (Å²) in [7, 11) is 0. The number of anilines is 1. The van der Waals surface area contributed by atoms with Gasteiger partial charge in [0.05, 0.1) is 11.1 Å². The number of nitrogens with one attached hydrogen (secondary N) is 1. The van der Waals surface area contributed by atoms with Crippen LogP contribution in [-0.2, 0) is 5.54 Å². The van der Waals surface area contributed by atoms with Crippen LogP contribution in [0.3, 0.4) is 0 Å².